The molecule has 0 aromatic heterocycles. The quantitative estimate of drug-likeness (QED) is 0.848. The largest absolute Gasteiger partial charge is 0.323 e. The maximum Gasteiger partial charge on any atom is 0.154 e. The second kappa shape index (κ2) is 6.17. The van der Waals surface area contributed by atoms with E-state index in [0.717, 1.165) is 12.0 Å². The highest BCUT2D eigenvalue weighted by Gasteiger charge is 2.27. The lowest BCUT2D eigenvalue weighted by atomic mass is 10.1. The van der Waals surface area contributed by atoms with Gasteiger partial charge in [-0.15, -0.1) is 0 Å². The van der Waals surface area contributed by atoms with Gasteiger partial charge < -0.3 is 5.73 Å². The fourth-order valence-corrected chi connectivity index (χ4v) is 3.37. The van der Waals surface area contributed by atoms with Gasteiger partial charge in [0, 0.05) is 6.04 Å². The number of hydrogen-bond donors (Lipinski definition) is 1. The van der Waals surface area contributed by atoms with Crippen molar-refractivity contribution in [2.45, 2.75) is 38.0 Å². The highest BCUT2D eigenvalue weighted by atomic mass is 32.2. The predicted molar refractivity (Wildman–Crippen MR) is 71.5 cm³/mol. The summed E-state index contributed by atoms with van der Waals surface area (Å²) in [5.41, 5.74) is 6.89. The summed E-state index contributed by atoms with van der Waals surface area (Å²) in [5.74, 6) is 0.227. The predicted octanol–water partition coefficient (Wildman–Crippen LogP) is 2.29. The Morgan fingerprint density at radius 3 is 2.35 bits per heavy atom. The zero-order valence-electron chi connectivity index (χ0n) is 10.5. The van der Waals surface area contributed by atoms with Crippen molar-refractivity contribution in [3.63, 3.8) is 0 Å². The molecule has 0 amide bonds. The molecular weight excluding hydrogens is 234 g/mol. The van der Waals surface area contributed by atoms with Gasteiger partial charge in [-0.2, -0.15) is 0 Å². The fraction of sp³-hybridized carbons (Fsp3) is 0.538. The second-order valence-electron chi connectivity index (χ2n) is 4.36. The third kappa shape index (κ3) is 3.82. The Hall–Kier alpha value is -0.870. The van der Waals surface area contributed by atoms with E-state index in [1.807, 2.05) is 37.3 Å². The normalized spacial score (nSPS) is 15.5. The molecule has 0 heterocycles. The average Bonchev–Trinajstić information content (AvgIpc) is 2.35. The van der Waals surface area contributed by atoms with E-state index in [1.165, 1.54) is 0 Å². The minimum atomic E-state index is -3.09. The van der Waals surface area contributed by atoms with E-state index < -0.39 is 21.1 Å². The molecule has 0 bridgehead atoms. The summed E-state index contributed by atoms with van der Waals surface area (Å²) >= 11 is 0. The van der Waals surface area contributed by atoms with E-state index in [0.29, 0.717) is 6.42 Å². The number of benzene rings is 1. The molecule has 0 aliphatic heterocycles. The molecule has 0 fully saturated rings. The molecule has 0 saturated heterocycles. The molecule has 1 aromatic rings. The molecule has 0 radical (unpaired) electrons. The molecule has 4 heteroatoms. The average molecular weight is 255 g/mol. The number of unbranched alkanes of at least 4 members (excludes halogenated alkanes) is 1. The van der Waals surface area contributed by atoms with E-state index in [9.17, 15) is 8.42 Å². The van der Waals surface area contributed by atoms with Crippen LogP contribution in [0.5, 0.6) is 0 Å². The molecule has 17 heavy (non-hydrogen) atoms. The van der Waals surface area contributed by atoms with Crippen LogP contribution >= 0.6 is 0 Å². The highest BCUT2D eigenvalue weighted by molar-refractivity contribution is 7.92. The van der Waals surface area contributed by atoms with Crippen LogP contribution in [0, 0.1) is 0 Å². The van der Waals surface area contributed by atoms with Gasteiger partial charge in [-0.25, -0.2) is 8.42 Å². The van der Waals surface area contributed by atoms with Crippen LogP contribution in [0.1, 0.15) is 38.3 Å². The molecule has 1 aromatic carbocycles. The molecule has 96 valence electrons. The van der Waals surface area contributed by atoms with Gasteiger partial charge in [0.1, 0.15) is 0 Å². The van der Waals surface area contributed by atoms with E-state index in [1.54, 1.807) is 6.92 Å². The third-order valence-electron chi connectivity index (χ3n) is 3.04. The molecule has 2 atom stereocenters. The standard InChI is InChI=1S/C13H21NO2S/c1-3-4-10-17(15,16)11(2)13(14)12-8-6-5-7-9-12/h5-9,11,13H,3-4,10,14H2,1-2H3. The fourth-order valence-electron chi connectivity index (χ4n) is 1.70. The van der Waals surface area contributed by atoms with E-state index in [-0.39, 0.29) is 5.75 Å². The van der Waals surface area contributed by atoms with Gasteiger partial charge in [0.05, 0.1) is 11.0 Å². The Labute approximate surface area is 104 Å². The Balaban J connectivity index is 2.79. The Morgan fingerprint density at radius 2 is 1.82 bits per heavy atom. The molecule has 2 unspecified atom stereocenters. The van der Waals surface area contributed by atoms with Gasteiger partial charge in [0.15, 0.2) is 9.84 Å². The molecule has 0 aliphatic rings. The van der Waals surface area contributed by atoms with Crippen LogP contribution in [0.4, 0.5) is 0 Å². The summed E-state index contributed by atoms with van der Waals surface area (Å²) in [6.45, 7) is 3.68. The van der Waals surface area contributed by atoms with Gasteiger partial charge >= 0.3 is 0 Å². The van der Waals surface area contributed by atoms with Crippen molar-refractivity contribution in [2.24, 2.45) is 5.73 Å². The van der Waals surface area contributed by atoms with Crippen LogP contribution in [0.2, 0.25) is 0 Å². The molecule has 0 spiro atoms. The van der Waals surface area contributed by atoms with Crippen molar-refractivity contribution < 1.29 is 8.42 Å². The minimum absolute atomic E-state index is 0.227. The topological polar surface area (TPSA) is 60.2 Å². The van der Waals surface area contributed by atoms with Crippen LogP contribution in [-0.4, -0.2) is 19.4 Å². The van der Waals surface area contributed by atoms with Gasteiger partial charge in [-0.3, -0.25) is 0 Å². The molecular formula is C13H21NO2S. The smallest absolute Gasteiger partial charge is 0.154 e. The van der Waals surface area contributed by atoms with Crippen molar-refractivity contribution in [1.82, 2.24) is 0 Å². The maximum absolute atomic E-state index is 12.0. The first kappa shape index (κ1) is 14.2. The summed E-state index contributed by atoms with van der Waals surface area (Å²) in [7, 11) is -3.09. The van der Waals surface area contributed by atoms with Gasteiger partial charge in [0.2, 0.25) is 0 Å². The van der Waals surface area contributed by atoms with Gasteiger partial charge in [-0.05, 0) is 18.9 Å². The first-order chi connectivity index (χ1) is 7.99. The monoisotopic (exact) mass is 255 g/mol. The Morgan fingerprint density at radius 1 is 1.24 bits per heavy atom. The first-order valence-corrected chi connectivity index (χ1v) is 7.72. The van der Waals surface area contributed by atoms with Crippen LogP contribution < -0.4 is 5.73 Å². The SMILES string of the molecule is CCCCS(=O)(=O)C(C)C(N)c1ccccc1. The van der Waals surface area contributed by atoms with Crippen molar-refractivity contribution in [2.75, 3.05) is 5.75 Å². The molecule has 2 N–H and O–H groups in total. The maximum atomic E-state index is 12.0. The number of nitrogens with two attached hydrogens (primary N) is 1. The first-order valence-electron chi connectivity index (χ1n) is 6.01. The van der Waals surface area contributed by atoms with E-state index >= 15 is 0 Å². The van der Waals surface area contributed by atoms with Crippen molar-refractivity contribution in [3.8, 4) is 0 Å². The Bertz CT molecular complexity index is 428. The second-order valence-corrected chi connectivity index (χ2v) is 6.84. The lowest BCUT2D eigenvalue weighted by Crippen LogP contribution is -2.32. The summed E-state index contributed by atoms with van der Waals surface area (Å²) in [6.07, 6.45) is 1.58. The van der Waals surface area contributed by atoms with Gasteiger partial charge in [0.25, 0.3) is 0 Å². The zero-order valence-corrected chi connectivity index (χ0v) is 11.3. The number of sulfone groups is 1. The van der Waals surface area contributed by atoms with Crippen LogP contribution in [0.3, 0.4) is 0 Å². The summed E-state index contributed by atoms with van der Waals surface area (Å²) < 4.78 is 24.0. The molecule has 3 nitrogen and oxygen atoms in total. The summed E-state index contributed by atoms with van der Waals surface area (Å²) in [6, 6.07) is 8.94. The summed E-state index contributed by atoms with van der Waals surface area (Å²) in [5, 5.41) is -0.531. The molecule has 1 rings (SSSR count). The summed E-state index contributed by atoms with van der Waals surface area (Å²) in [4.78, 5) is 0. The molecule has 0 saturated carbocycles. The lowest BCUT2D eigenvalue weighted by Gasteiger charge is -2.20. The number of hydrogen-bond acceptors (Lipinski definition) is 3. The van der Waals surface area contributed by atoms with Crippen molar-refractivity contribution in [1.29, 1.82) is 0 Å². The number of rotatable bonds is 6. The van der Waals surface area contributed by atoms with Crippen LogP contribution in [0.25, 0.3) is 0 Å². The van der Waals surface area contributed by atoms with Crippen LogP contribution in [0.15, 0.2) is 30.3 Å². The van der Waals surface area contributed by atoms with Crippen molar-refractivity contribution >= 4 is 9.84 Å². The van der Waals surface area contributed by atoms with Crippen LogP contribution in [-0.2, 0) is 9.84 Å². The highest BCUT2D eigenvalue weighted by Crippen LogP contribution is 2.20. The molecule has 0 aliphatic carbocycles. The zero-order chi connectivity index (χ0) is 12.9. The van der Waals surface area contributed by atoms with E-state index in [2.05, 4.69) is 0 Å². The van der Waals surface area contributed by atoms with Crippen molar-refractivity contribution in [3.05, 3.63) is 35.9 Å². The Kier molecular flexibility index (Phi) is 5.15. The minimum Gasteiger partial charge on any atom is -0.323 e. The van der Waals surface area contributed by atoms with Gasteiger partial charge in [-0.1, -0.05) is 43.7 Å². The van der Waals surface area contributed by atoms with E-state index in [4.69, 9.17) is 5.73 Å². The lowest BCUT2D eigenvalue weighted by molar-refractivity contribution is 0.562. The third-order valence-corrected chi connectivity index (χ3v) is 5.32.